The number of ether oxygens (including phenoxy) is 1. The Hall–Kier alpha value is -1.38. The van der Waals surface area contributed by atoms with Crippen LogP contribution in [0.1, 0.15) is 23.0 Å². The Kier molecular flexibility index (Phi) is 4.46. The lowest BCUT2D eigenvalue weighted by Gasteiger charge is -2.18. The van der Waals surface area contributed by atoms with E-state index >= 15 is 0 Å². The maximum absolute atomic E-state index is 12.4. The van der Waals surface area contributed by atoms with Gasteiger partial charge in [0.05, 0.1) is 12.2 Å². The molecule has 0 spiro atoms. The Morgan fingerprint density at radius 1 is 1.70 bits per heavy atom. The maximum Gasteiger partial charge on any atom is 0.267 e. The summed E-state index contributed by atoms with van der Waals surface area (Å²) in [7, 11) is 1.62. The van der Waals surface area contributed by atoms with Crippen LogP contribution in [0, 0.1) is 0 Å². The number of hydrogen-bond donors (Lipinski definition) is 3. The van der Waals surface area contributed by atoms with E-state index in [4.69, 9.17) is 10.5 Å². The minimum atomic E-state index is -0.811. The number of carbonyl (C=O) groups is 1. The fourth-order valence-corrected chi connectivity index (χ4v) is 2.96. The van der Waals surface area contributed by atoms with Gasteiger partial charge in [0.2, 0.25) is 0 Å². The smallest absolute Gasteiger partial charge is 0.267 e. The summed E-state index contributed by atoms with van der Waals surface area (Å²) in [5.74, 6) is 0.0593. The zero-order valence-electron chi connectivity index (χ0n) is 11.7. The quantitative estimate of drug-likeness (QED) is 0.680. The molecule has 4 N–H and O–H groups in total. The number of nitrogens with two attached hydrogens (primary N) is 1. The second-order valence-corrected chi connectivity index (χ2v) is 6.13. The molecule has 0 saturated carbocycles. The number of likely N-dealkylation sites (tertiary alicyclic amines) is 1. The molecule has 0 aliphatic carbocycles. The monoisotopic (exact) mass is 300 g/mol. The van der Waals surface area contributed by atoms with Gasteiger partial charge in [-0.25, -0.2) is 4.98 Å². The Balaban J connectivity index is 2.03. The van der Waals surface area contributed by atoms with Crippen LogP contribution in [0.15, 0.2) is 0 Å². The van der Waals surface area contributed by atoms with Crippen molar-refractivity contribution in [2.45, 2.75) is 18.9 Å². The highest BCUT2D eigenvalue weighted by atomic mass is 32.1. The van der Waals surface area contributed by atoms with Crippen LogP contribution in [0.4, 0.5) is 10.9 Å². The molecule has 7 nitrogen and oxygen atoms in total. The summed E-state index contributed by atoms with van der Waals surface area (Å²) >= 11 is 1.23. The van der Waals surface area contributed by atoms with Crippen LogP contribution in [0.2, 0.25) is 0 Å². The summed E-state index contributed by atoms with van der Waals surface area (Å²) in [6.45, 7) is 3.76. The standard InChI is InChI=1S/C12H20N4O3S/c1-12(18)3-5-16(7-12)10(17)8-9(13)15-11(20-8)14-4-6-19-2/h18H,3-7,13H2,1-2H3,(H,14,15). The molecule has 1 aliphatic heterocycles. The number of nitrogens with one attached hydrogen (secondary N) is 1. The molecule has 0 bridgehead atoms. The molecule has 1 aromatic heterocycles. The molecule has 1 atom stereocenters. The number of carbonyl (C=O) groups excluding carboxylic acids is 1. The van der Waals surface area contributed by atoms with Crippen molar-refractivity contribution in [3.63, 3.8) is 0 Å². The van der Waals surface area contributed by atoms with Crippen LogP contribution in [-0.2, 0) is 4.74 Å². The molecule has 1 saturated heterocycles. The maximum atomic E-state index is 12.4. The SMILES string of the molecule is COCCNc1nc(N)c(C(=O)N2CCC(C)(O)C2)s1. The van der Waals surface area contributed by atoms with Gasteiger partial charge >= 0.3 is 0 Å². The number of methoxy groups -OCH3 is 1. The Morgan fingerprint density at radius 2 is 2.45 bits per heavy atom. The predicted octanol–water partition coefficient (Wildman–Crippen LogP) is 0.381. The average molecular weight is 300 g/mol. The average Bonchev–Trinajstić information content (AvgIpc) is 2.92. The van der Waals surface area contributed by atoms with E-state index < -0.39 is 5.60 Å². The van der Waals surface area contributed by atoms with Gasteiger partial charge in [0.25, 0.3) is 5.91 Å². The van der Waals surface area contributed by atoms with Gasteiger partial charge in [-0.2, -0.15) is 0 Å². The van der Waals surface area contributed by atoms with Crippen molar-refractivity contribution >= 4 is 28.2 Å². The number of nitrogens with zero attached hydrogens (tertiary/aromatic N) is 2. The third-order valence-corrected chi connectivity index (χ3v) is 4.19. The van der Waals surface area contributed by atoms with Gasteiger partial charge in [0.15, 0.2) is 5.13 Å². The van der Waals surface area contributed by atoms with Gasteiger partial charge in [0.1, 0.15) is 10.7 Å². The normalized spacial score (nSPS) is 22.2. The molecule has 1 amide bonds. The molecule has 1 aromatic rings. The van der Waals surface area contributed by atoms with Crippen LogP contribution >= 0.6 is 11.3 Å². The number of nitrogen functional groups attached to an aromatic ring is 1. The number of aliphatic hydroxyl groups is 1. The summed E-state index contributed by atoms with van der Waals surface area (Å²) in [5.41, 5.74) is 4.99. The first kappa shape index (κ1) is 15.0. The van der Waals surface area contributed by atoms with Crippen molar-refractivity contribution in [1.82, 2.24) is 9.88 Å². The molecule has 0 aromatic carbocycles. The Bertz CT molecular complexity index is 489. The minimum Gasteiger partial charge on any atom is -0.388 e. The zero-order chi connectivity index (χ0) is 14.8. The molecule has 1 aliphatic rings. The molecule has 20 heavy (non-hydrogen) atoms. The summed E-state index contributed by atoms with van der Waals surface area (Å²) in [6, 6.07) is 0. The second kappa shape index (κ2) is 5.94. The van der Waals surface area contributed by atoms with E-state index in [1.165, 1.54) is 11.3 Å². The van der Waals surface area contributed by atoms with E-state index in [0.29, 0.717) is 42.7 Å². The van der Waals surface area contributed by atoms with Crippen LogP contribution in [0.3, 0.4) is 0 Å². The van der Waals surface area contributed by atoms with Gasteiger partial charge in [-0.1, -0.05) is 11.3 Å². The van der Waals surface area contributed by atoms with Crippen molar-refractivity contribution in [3.05, 3.63) is 4.88 Å². The van der Waals surface area contributed by atoms with E-state index in [9.17, 15) is 9.90 Å². The van der Waals surface area contributed by atoms with Crippen molar-refractivity contribution < 1.29 is 14.6 Å². The summed E-state index contributed by atoms with van der Waals surface area (Å²) in [5, 5.41) is 13.6. The van der Waals surface area contributed by atoms with Crippen LogP contribution in [0.5, 0.6) is 0 Å². The van der Waals surface area contributed by atoms with Crippen molar-refractivity contribution in [2.24, 2.45) is 0 Å². The lowest BCUT2D eigenvalue weighted by atomic mass is 10.1. The number of thiazole rings is 1. The number of amides is 1. The molecule has 8 heteroatoms. The van der Waals surface area contributed by atoms with Gasteiger partial charge in [0, 0.05) is 26.7 Å². The molecule has 2 heterocycles. The van der Waals surface area contributed by atoms with E-state index in [-0.39, 0.29) is 11.7 Å². The molecular formula is C12H20N4O3S. The fourth-order valence-electron chi connectivity index (χ4n) is 2.08. The van der Waals surface area contributed by atoms with Crippen LogP contribution < -0.4 is 11.1 Å². The summed E-state index contributed by atoms with van der Waals surface area (Å²) in [4.78, 5) is 18.5. The van der Waals surface area contributed by atoms with Crippen LogP contribution in [0.25, 0.3) is 0 Å². The molecule has 112 valence electrons. The Labute approximate surface area is 121 Å². The van der Waals surface area contributed by atoms with E-state index in [1.54, 1.807) is 18.9 Å². The lowest BCUT2D eigenvalue weighted by Crippen LogP contribution is -2.33. The van der Waals surface area contributed by atoms with Gasteiger partial charge in [-0.05, 0) is 13.3 Å². The molecular weight excluding hydrogens is 280 g/mol. The lowest BCUT2D eigenvalue weighted by molar-refractivity contribution is 0.0575. The second-order valence-electron chi connectivity index (χ2n) is 5.13. The highest BCUT2D eigenvalue weighted by molar-refractivity contribution is 7.18. The number of aromatic nitrogens is 1. The van der Waals surface area contributed by atoms with Crippen LogP contribution in [-0.4, -0.2) is 59.8 Å². The summed E-state index contributed by atoms with van der Waals surface area (Å²) in [6.07, 6.45) is 0.580. The predicted molar refractivity (Wildman–Crippen MR) is 78.0 cm³/mol. The first-order chi connectivity index (χ1) is 9.43. The molecule has 0 radical (unpaired) electrons. The first-order valence-electron chi connectivity index (χ1n) is 6.44. The number of β-amino-alcohol motifs (C(OH)–C–C–N with tert-alkyl or cyclic N) is 1. The fraction of sp³-hybridized carbons (Fsp3) is 0.667. The topological polar surface area (TPSA) is 101 Å². The molecule has 1 fully saturated rings. The first-order valence-corrected chi connectivity index (χ1v) is 7.25. The van der Waals surface area contributed by atoms with Crippen molar-refractivity contribution in [1.29, 1.82) is 0 Å². The molecule has 2 rings (SSSR count). The van der Waals surface area contributed by atoms with E-state index in [0.717, 1.165) is 0 Å². The molecule has 1 unspecified atom stereocenters. The number of rotatable bonds is 5. The van der Waals surface area contributed by atoms with Gasteiger partial charge in [-0.3, -0.25) is 4.79 Å². The Morgan fingerprint density at radius 3 is 3.05 bits per heavy atom. The minimum absolute atomic E-state index is 0.169. The van der Waals surface area contributed by atoms with E-state index in [2.05, 4.69) is 10.3 Å². The highest BCUT2D eigenvalue weighted by Gasteiger charge is 2.35. The largest absolute Gasteiger partial charge is 0.388 e. The number of hydrogen-bond acceptors (Lipinski definition) is 7. The van der Waals surface area contributed by atoms with Crippen molar-refractivity contribution in [3.8, 4) is 0 Å². The zero-order valence-corrected chi connectivity index (χ0v) is 12.5. The number of anilines is 2. The van der Waals surface area contributed by atoms with E-state index in [1.807, 2.05) is 0 Å². The third kappa shape index (κ3) is 3.38. The third-order valence-electron chi connectivity index (χ3n) is 3.17. The highest BCUT2D eigenvalue weighted by Crippen LogP contribution is 2.29. The summed E-state index contributed by atoms with van der Waals surface area (Å²) < 4.78 is 4.93. The van der Waals surface area contributed by atoms with Gasteiger partial charge < -0.3 is 25.8 Å². The van der Waals surface area contributed by atoms with Crippen molar-refractivity contribution in [2.75, 3.05) is 44.4 Å². The van der Waals surface area contributed by atoms with Gasteiger partial charge in [-0.15, -0.1) is 0 Å².